The molecule has 1 aliphatic heterocycles. The van der Waals surface area contributed by atoms with Crippen LogP contribution >= 0.6 is 0 Å². The van der Waals surface area contributed by atoms with Gasteiger partial charge in [0.05, 0.1) is 11.0 Å². The molecule has 1 heterocycles. The molecule has 1 aliphatic rings. The number of hydrogen-bond donors (Lipinski definition) is 0. The second kappa shape index (κ2) is 3.77. The van der Waals surface area contributed by atoms with Crippen LogP contribution in [-0.2, 0) is 9.84 Å². The fourth-order valence-corrected chi connectivity index (χ4v) is 4.27. The predicted octanol–water partition coefficient (Wildman–Crippen LogP) is 2.00. The normalized spacial score (nSPS) is 33.8. The van der Waals surface area contributed by atoms with Crippen LogP contribution in [0.2, 0.25) is 0 Å². The highest BCUT2D eigenvalue weighted by atomic mass is 32.2. The summed E-state index contributed by atoms with van der Waals surface area (Å²) in [5.41, 5.74) is 0. The minimum absolute atomic E-state index is 0.0209. The lowest BCUT2D eigenvalue weighted by Gasteiger charge is -2.06. The predicted molar refractivity (Wildman–Crippen MR) is 50.9 cm³/mol. The Morgan fingerprint density at radius 1 is 1.42 bits per heavy atom. The van der Waals surface area contributed by atoms with E-state index in [1.807, 2.05) is 6.92 Å². The van der Waals surface area contributed by atoms with Crippen LogP contribution in [-0.4, -0.2) is 19.4 Å². The number of hydrogen-bond acceptors (Lipinski definition) is 2. The fraction of sp³-hybridized carbons (Fsp3) is 1.00. The highest BCUT2D eigenvalue weighted by Gasteiger charge is 2.35. The molecule has 2 unspecified atom stereocenters. The van der Waals surface area contributed by atoms with E-state index in [0.29, 0.717) is 11.7 Å². The largest absolute Gasteiger partial charge is 0.229 e. The first kappa shape index (κ1) is 10.0. The summed E-state index contributed by atoms with van der Waals surface area (Å²) in [6.45, 7) is 4.13. The molecule has 1 fully saturated rings. The van der Waals surface area contributed by atoms with Crippen molar-refractivity contribution in [3.8, 4) is 0 Å². The van der Waals surface area contributed by atoms with Crippen LogP contribution in [0.1, 0.15) is 39.5 Å². The molecule has 3 heteroatoms. The molecule has 12 heavy (non-hydrogen) atoms. The molecular formula is C9H18O2S. The molecule has 0 N–H and O–H groups in total. The summed E-state index contributed by atoms with van der Waals surface area (Å²) in [6, 6.07) is 0. The molecular weight excluding hydrogens is 172 g/mol. The highest BCUT2D eigenvalue weighted by Crippen LogP contribution is 2.28. The minimum Gasteiger partial charge on any atom is -0.229 e. The zero-order valence-corrected chi connectivity index (χ0v) is 8.73. The lowest BCUT2D eigenvalue weighted by molar-refractivity contribution is 0.556. The Morgan fingerprint density at radius 2 is 2.08 bits per heavy atom. The van der Waals surface area contributed by atoms with Gasteiger partial charge in [-0.15, -0.1) is 0 Å². The average Bonchev–Trinajstić information content (AvgIpc) is 2.20. The Morgan fingerprint density at radius 3 is 2.50 bits per heavy atom. The molecule has 0 saturated carbocycles. The zero-order valence-electron chi connectivity index (χ0n) is 7.91. The van der Waals surface area contributed by atoms with E-state index in [1.54, 1.807) is 0 Å². The van der Waals surface area contributed by atoms with Gasteiger partial charge < -0.3 is 0 Å². The summed E-state index contributed by atoms with van der Waals surface area (Å²) in [6.07, 6.45) is 3.92. The van der Waals surface area contributed by atoms with E-state index >= 15 is 0 Å². The van der Waals surface area contributed by atoms with Gasteiger partial charge in [-0.1, -0.05) is 26.7 Å². The summed E-state index contributed by atoms with van der Waals surface area (Å²) >= 11 is 0. The van der Waals surface area contributed by atoms with Crippen LogP contribution in [0.4, 0.5) is 0 Å². The molecule has 0 aromatic heterocycles. The molecule has 0 aromatic rings. The molecule has 1 saturated heterocycles. The van der Waals surface area contributed by atoms with Gasteiger partial charge in [0.25, 0.3) is 0 Å². The smallest absolute Gasteiger partial charge is 0.153 e. The van der Waals surface area contributed by atoms with Crippen molar-refractivity contribution < 1.29 is 8.42 Å². The van der Waals surface area contributed by atoms with Gasteiger partial charge in [-0.2, -0.15) is 0 Å². The highest BCUT2D eigenvalue weighted by molar-refractivity contribution is 7.92. The maximum atomic E-state index is 11.5. The summed E-state index contributed by atoms with van der Waals surface area (Å²) in [4.78, 5) is 0. The summed E-state index contributed by atoms with van der Waals surface area (Å²) in [7, 11) is -2.71. The fourth-order valence-electron chi connectivity index (χ4n) is 1.93. The van der Waals surface area contributed by atoms with Crippen molar-refractivity contribution in [2.45, 2.75) is 44.8 Å². The van der Waals surface area contributed by atoms with Gasteiger partial charge in [0, 0.05) is 0 Å². The maximum Gasteiger partial charge on any atom is 0.153 e. The average molecular weight is 190 g/mol. The molecule has 0 radical (unpaired) electrons. The number of sulfone groups is 1. The van der Waals surface area contributed by atoms with E-state index in [-0.39, 0.29) is 5.25 Å². The third-order valence-corrected chi connectivity index (χ3v) is 5.05. The van der Waals surface area contributed by atoms with Gasteiger partial charge in [0.2, 0.25) is 0 Å². The second-order valence-corrected chi connectivity index (χ2v) is 6.26. The lowest BCUT2D eigenvalue weighted by atomic mass is 10.0. The van der Waals surface area contributed by atoms with Gasteiger partial charge in [-0.25, -0.2) is 8.42 Å². The minimum atomic E-state index is -2.71. The van der Waals surface area contributed by atoms with Crippen LogP contribution in [0.25, 0.3) is 0 Å². The molecule has 0 amide bonds. The lowest BCUT2D eigenvalue weighted by Crippen LogP contribution is -2.15. The second-order valence-electron chi connectivity index (χ2n) is 3.93. The topological polar surface area (TPSA) is 34.1 Å². The third-order valence-electron chi connectivity index (χ3n) is 2.57. The van der Waals surface area contributed by atoms with E-state index in [9.17, 15) is 8.42 Å². The SMILES string of the molecule is CCCCC1CC(C)CS1(=O)=O. The van der Waals surface area contributed by atoms with Crippen LogP contribution in [0, 0.1) is 5.92 Å². The quantitative estimate of drug-likeness (QED) is 0.682. The first-order valence-electron chi connectivity index (χ1n) is 4.78. The van der Waals surface area contributed by atoms with Crippen molar-refractivity contribution in [2.24, 2.45) is 5.92 Å². The van der Waals surface area contributed by atoms with E-state index in [0.717, 1.165) is 25.7 Å². The van der Waals surface area contributed by atoms with Gasteiger partial charge in [-0.3, -0.25) is 0 Å². The van der Waals surface area contributed by atoms with Crippen LogP contribution < -0.4 is 0 Å². The Bertz CT molecular complexity index is 231. The molecule has 0 aliphatic carbocycles. The molecule has 72 valence electrons. The van der Waals surface area contributed by atoms with E-state index in [1.165, 1.54) is 0 Å². The van der Waals surface area contributed by atoms with E-state index in [2.05, 4.69) is 6.92 Å². The van der Waals surface area contributed by atoms with Gasteiger partial charge >= 0.3 is 0 Å². The van der Waals surface area contributed by atoms with Crippen LogP contribution in [0.5, 0.6) is 0 Å². The summed E-state index contributed by atoms with van der Waals surface area (Å²) in [5.74, 6) is 0.804. The van der Waals surface area contributed by atoms with E-state index < -0.39 is 9.84 Å². The monoisotopic (exact) mass is 190 g/mol. The summed E-state index contributed by atoms with van der Waals surface area (Å²) < 4.78 is 23.0. The van der Waals surface area contributed by atoms with Crippen LogP contribution in [0.3, 0.4) is 0 Å². The number of unbranched alkanes of at least 4 members (excludes halogenated alkanes) is 1. The molecule has 0 bridgehead atoms. The van der Waals surface area contributed by atoms with Crippen molar-refractivity contribution in [3.05, 3.63) is 0 Å². The molecule has 0 spiro atoms. The van der Waals surface area contributed by atoms with Gasteiger partial charge in [0.1, 0.15) is 0 Å². The Balaban J connectivity index is 2.54. The molecule has 2 atom stereocenters. The standard InChI is InChI=1S/C9H18O2S/c1-3-4-5-9-6-8(2)7-12(9,10)11/h8-9H,3-7H2,1-2H3. The van der Waals surface area contributed by atoms with Crippen molar-refractivity contribution in [1.82, 2.24) is 0 Å². The van der Waals surface area contributed by atoms with Crippen molar-refractivity contribution in [2.75, 3.05) is 5.75 Å². The molecule has 1 rings (SSSR count). The van der Waals surface area contributed by atoms with Crippen molar-refractivity contribution >= 4 is 9.84 Å². The van der Waals surface area contributed by atoms with Gasteiger partial charge in [0.15, 0.2) is 9.84 Å². The van der Waals surface area contributed by atoms with Crippen molar-refractivity contribution in [3.63, 3.8) is 0 Å². The molecule has 2 nitrogen and oxygen atoms in total. The Kier molecular flexibility index (Phi) is 3.16. The maximum absolute atomic E-state index is 11.5. The zero-order chi connectivity index (χ0) is 9.19. The van der Waals surface area contributed by atoms with E-state index in [4.69, 9.17) is 0 Å². The van der Waals surface area contributed by atoms with Gasteiger partial charge in [-0.05, 0) is 18.8 Å². The van der Waals surface area contributed by atoms with Crippen LogP contribution in [0.15, 0.2) is 0 Å². The molecule has 0 aromatic carbocycles. The number of rotatable bonds is 3. The third kappa shape index (κ3) is 2.22. The Hall–Kier alpha value is -0.0500. The Labute approximate surface area is 75.3 Å². The summed E-state index contributed by atoms with van der Waals surface area (Å²) in [5, 5.41) is -0.0209. The first-order valence-corrected chi connectivity index (χ1v) is 6.49. The first-order chi connectivity index (χ1) is 5.56. The van der Waals surface area contributed by atoms with Crippen molar-refractivity contribution in [1.29, 1.82) is 0 Å².